The summed E-state index contributed by atoms with van der Waals surface area (Å²) in [5, 5.41) is 28.6. The number of rotatable bonds is 14. The zero-order chi connectivity index (χ0) is 26.0. The molecule has 35 heavy (non-hydrogen) atoms. The van der Waals surface area contributed by atoms with Gasteiger partial charge in [-0.25, -0.2) is 4.79 Å². The highest BCUT2D eigenvalue weighted by Crippen LogP contribution is 2.39. The summed E-state index contributed by atoms with van der Waals surface area (Å²) >= 11 is 1.27. The minimum Gasteiger partial charge on any atom is -0.480 e. The van der Waals surface area contributed by atoms with Crippen molar-refractivity contribution in [2.75, 3.05) is 6.54 Å². The average Bonchev–Trinajstić information content (AvgIpc) is 3.12. The molecule has 1 saturated heterocycles. The standard InChI is InChI=1S/C23H32N4O7S/c1-23(2)18(22(33)34)27-20(35-23)17(26-16(29)12-14-8-4-3-5-9-14)19(30)24-11-7-6-10-15(21(31)32)25-13-28/h3-5,8-9,13,15,17-18,20,27H,6-7,10-12H2,1-2H3,(H,24,30)(H,25,28)(H,26,29)(H,31,32)(H,33,34). The van der Waals surface area contributed by atoms with Crippen molar-refractivity contribution >= 4 is 41.9 Å². The SMILES string of the molecule is CC1(C)SC(C(NC(=O)Cc2ccccc2)C(=O)NCCCCC(NC=O)C(=O)O)NC1C(=O)O. The van der Waals surface area contributed by atoms with Gasteiger partial charge in [-0.1, -0.05) is 30.3 Å². The Kier molecular flexibility index (Phi) is 10.5. The fraction of sp³-hybridized carbons (Fsp3) is 0.522. The second-order valence-corrected chi connectivity index (χ2v) is 10.5. The quantitative estimate of drug-likeness (QED) is 0.150. The number of unbranched alkanes of at least 4 members (excludes halogenated alkanes) is 1. The Morgan fingerprint density at radius 3 is 2.40 bits per heavy atom. The van der Waals surface area contributed by atoms with Crippen LogP contribution >= 0.6 is 11.8 Å². The molecule has 4 atom stereocenters. The van der Waals surface area contributed by atoms with Crippen LogP contribution in [0.4, 0.5) is 0 Å². The molecule has 1 aromatic rings. The van der Waals surface area contributed by atoms with Gasteiger partial charge in [0.2, 0.25) is 18.2 Å². The second-order valence-electron chi connectivity index (χ2n) is 8.75. The van der Waals surface area contributed by atoms with Crippen LogP contribution in [0, 0.1) is 0 Å². The highest BCUT2D eigenvalue weighted by atomic mass is 32.2. The molecule has 1 heterocycles. The van der Waals surface area contributed by atoms with E-state index in [-0.39, 0.29) is 25.3 Å². The molecule has 0 aliphatic carbocycles. The van der Waals surface area contributed by atoms with Crippen molar-refractivity contribution in [1.82, 2.24) is 21.3 Å². The van der Waals surface area contributed by atoms with Crippen LogP contribution < -0.4 is 21.3 Å². The Labute approximate surface area is 207 Å². The molecule has 0 spiro atoms. The minimum atomic E-state index is -1.14. The van der Waals surface area contributed by atoms with Gasteiger partial charge in [-0.3, -0.25) is 24.5 Å². The topological polar surface area (TPSA) is 174 Å². The maximum atomic E-state index is 13.0. The van der Waals surface area contributed by atoms with Crippen molar-refractivity contribution < 1.29 is 34.2 Å². The number of carboxylic acid groups (broad SMARTS) is 2. The van der Waals surface area contributed by atoms with E-state index in [0.717, 1.165) is 5.56 Å². The lowest BCUT2D eigenvalue weighted by atomic mass is 10.0. The molecular weight excluding hydrogens is 476 g/mol. The van der Waals surface area contributed by atoms with E-state index in [1.165, 1.54) is 11.8 Å². The Morgan fingerprint density at radius 1 is 1.14 bits per heavy atom. The van der Waals surface area contributed by atoms with Crippen molar-refractivity contribution in [2.24, 2.45) is 0 Å². The molecule has 1 fully saturated rings. The third-order valence-corrected chi connectivity index (χ3v) is 7.10. The largest absolute Gasteiger partial charge is 0.480 e. The van der Waals surface area contributed by atoms with Crippen molar-refractivity contribution in [2.45, 2.75) is 67.8 Å². The zero-order valence-corrected chi connectivity index (χ0v) is 20.5. The summed E-state index contributed by atoms with van der Waals surface area (Å²) in [6, 6.07) is 6.11. The molecule has 11 nitrogen and oxygen atoms in total. The third-order valence-electron chi connectivity index (χ3n) is 5.60. The highest BCUT2D eigenvalue weighted by molar-refractivity contribution is 8.01. The van der Waals surface area contributed by atoms with Gasteiger partial charge in [0.25, 0.3) is 0 Å². The van der Waals surface area contributed by atoms with E-state index in [4.69, 9.17) is 5.11 Å². The van der Waals surface area contributed by atoms with Crippen molar-refractivity contribution in [1.29, 1.82) is 0 Å². The third kappa shape index (κ3) is 8.55. The number of amides is 3. The second kappa shape index (κ2) is 13.1. The van der Waals surface area contributed by atoms with Crippen molar-refractivity contribution in [3.05, 3.63) is 35.9 Å². The molecule has 2 rings (SSSR count). The first-order valence-corrected chi connectivity index (χ1v) is 12.1. The van der Waals surface area contributed by atoms with E-state index in [1.54, 1.807) is 38.1 Å². The first kappa shape index (κ1) is 28.1. The van der Waals surface area contributed by atoms with Gasteiger partial charge in [0.15, 0.2) is 0 Å². The number of carbonyl (C=O) groups is 5. The van der Waals surface area contributed by atoms with Gasteiger partial charge < -0.3 is 26.2 Å². The van der Waals surface area contributed by atoms with Crippen LogP contribution in [0.3, 0.4) is 0 Å². The van der Waals surface area contributed by atoms with E-state index < -0.39 is 46.1 Å². The summed E-state index contributed by atoms with van der Waals surface area (Å²) in [5.74, 6) is -3.03. The molecule has 6 N–H and O–H groups in total. The monoisotopic (exact) mass is 508 g/mol. The van der Waals surface area contributed by atoms with Crippen LogP contribution in [0.15, 0.2) is 30.3 Å². The van der Waals surface area contributed by atoms with Gasteiger partial charge in [-0.05, 0) is 38.7 Å². The summed E-state index contributed by atoms with van der Waals surface area (Å²) in [6.45, 7) is 3.74. The predicted octanol–water partition coefficient (Wildman–Crippen LogP) is 0.0939. The fourth-order valence-corrected chi connectivity index (χ4v) is 5.26. The minimum absolute atomic E-state index is 0.0636. The zero-order valence-electron chi connectivity index (χ0n) is 19.7. The van der Waals surface area contributed by atoms with Crippen LogP contribution in [0.1, 0.15) is 38.7 Å². The van der Waals surface area contributed by atoms with Gasteiger partial charge in [0.1, 0.15) is 18.1 Å². The smallest absolute Gasteiger partial charge is 0.326 e. The summed E-state index contributed by atoms with van der Waals surface area (Å²) in [5.41, 5.74) is 0.775. The lowest BCUT2D eigenvalue weighted by Crippen LogP contribution is -2.57. The van der Waals surface area contributed by atoms with Crippen LogP contribution in [0.25, 0.3) is 0 Å². The van der Waals surface area contributed by atoms with Gasteiger partial charge >= 0.3 is 11.9 Å². The lowest BCUT2D eigenvalue weighted by Gasteiger charge is -2.25. The van der Waals surface area contributed by atoms with Crippen molar-refractivity contribution in [3.63, 3.8) is 0 Å². The predicted molar refractivity (Wildman–Crippen MR) is 130 cm³/mol. The fourth-order valence-electron chi connectivity index (χ4n) is 3.77. The summed E-state index contributed by atoms with van der Waals surface area (Å²) in [7, 11) is 0. The number of carboxylic acids is 2. The molecule has 0 aromatic heterocycles. The molecule has 0 radical (unpaired) electrons. The van der Waals surface area contributed by atoms with Crippen molar-refractivity contribution in [3.8, 4) is 0 Å². The molecule has 1 aromatic carbocycles. The number of benzene rings is 1. The Morgan fingerprint density at radius 2 is 1.83 bits per heavy atom. The number of hydrogen-bond donors (Lipinski definition) is 6. The van der Waals surface area contributed by atoms with Crippen LogP contribution in [0.2, 0.25) is 0 Å². The summed E-state index contributed by atoms with van der Waals surface area (Å²) in [6.07, 6.45) is 1.49. The normalized spacial score (nSPS) is 20.3. The van der Waals surface area contributed by atoms with E-state index in [2.05, 4.69) is 21.3 Å². The van der Waals surface area contributed by atoms with Crippen LogP contribution in [0.5, 0.6) is 0 Å². The molecule has 1 aliphatic rings. The number of thioether (sulfide) groups is 1. The van der Waals surface area contributed by atoms with Gasteiger partial charge in [0.05, 0.1) is 11.8 Å². The molecule has 4 unspecified atom stereocenters. The van der Waals surface area contributed by atoms with Crippen LogP contribution in [-0.4, -0.2) is 75.2 Å². The van der Waals surface area contributed by atoms with E-state index in [9.17, 15) is 29.1 Å². The molecule has 192 valence electrons. The number of hydrogen-bond acceptors (Lipinski definition) is 7. The lowest BCUT2D eigenvalue weighted by molar-refractivity contribution is -0.141. The van der Waals surface area contributed by atoms with E-state index in [1.807, 2.05) is 6.07 Å². The first-order valence-electron chi connectivity index (χ1n) is 11.3. The molecule has 1 aliphatic heterocycles. The molecule has 0 saturated carbocycles. The molecule has 12 heteroatoms. The highest BCUT2D eigenvalue weighted by Gasteiger charge is 2.49. The van der Waals surface area contributed by atoms with Crippen LogP contribution in [-0.2, 0) is 30.4 Å². The number of nitrogens with one attached hydrogen (secondary N) is 4. The molecule has 3 amide bonds. The maximum Gasteiger partial charge on any atom is 0.326 e. The first-order chi connectivity index (χ1) is 16.5. The van der Waals surface area contributed by atoms with E-state index in [0.29, 0.717) is 19.3 Å². The number of carbonyl (C=O) groups excluding carboxylic acids is 3. The summed E-state index contributed by atoms with van der Waals surface area (Å²) in [4.78, 5) is 59.0. The maximum absolute atomic E-state index is 13.0. The average molecular weight is 509 g/mol. The Hall–Kier alpha value is -3.12. The molecular formula is C23H32N4O7S. The molecule has 0 bridgehead atoms. The van der Waals surface area contributed by atoms with Gasteiger partial charge in [-0.2, -0.15) is 0 Å². The van der Waals surface area contributed by atoms with Gasteiger partial charge in [-0.15, -0.1) is 11.8 Å². The Balaban J connectivity index is 2.01. The Bertz CT molecular complexity index is 912. The summed E-state index contributed by atoms with van der Waals surface area (Å²) < 4.78 is -0.712. The van der Waals surface area contributed by atoms with E-state index >= 15 is 0 Å². The number of aliphatic carboxylic acids is 2. The van der Waals surface area contributed by atoms with Gasteiger partial charge in [0, 0.05) is 11.3 Å².